The van der Waals surface area contributed by atoms with Crippen LogP contribution in [0.25, 0.3) is 0 Å². The van der Waals surface area contributed by atoms with Gasteiger partial charge >= 0.3 is 0 Å². The van der Waals surface area contributed by atoms with Gasteiger partial charge in [0, 0.05) is 13.6 Å². The number of nitrogens with zero attached hydrogens (tertiary/aromatic N) is 4. The van der Waals surface area contributed by atoms with Crippen LogP contribution in [0.1, 0.15) is 11.1 Å². The van der Waals surface area contributed by atoms with Crippen LogP contribution in [0.15, 0.2) is 36.7 Å². The van der Waals surface area contributed by atoms with Gasteiger partial charge in [0.25, 0.3) is 0 Å². The van der Waals surface area contributed by atoms with E-state index in [-0.39, 0.29) is 0 Å². The van der Waals surface area contributed by atoms with E-state index in [1.807, 2.05) is 30.1 Å². The molecule has 1 heterocycles. The van der Waals surface area contributed by atoms with Gasteiger partial charge in [0.2, 0.25) is 5.95 Å². The van der Waals surface area contributed by atoms with E-state index in [0.717, 1.165) is 5.56 Å². The lowest BCUT2D eigenvalue weighted by atomic mass is 10.1. The highest BCUT2D eigenvalue weighted by atomic mass is 35.5. The molecule has 0 N–H and O–H groups in total. The lowest BCUT2D eigenvalue weighted by Crippen LogP contribution is -2.18. The second-order valence-corrected chi connectivity index (χ2v) is 4.31. The first-order valence-corrected chi connectivity index (χ1v) is 5.74. The number of nitriles is 1. The van der Waals surface area contributed by atoms with Crippen molar-refractivity contribution in [3.05, 3.63) is 52.8 Å². The van der Waals surface area contributed by atoms with Crippen LogP contribution < -0.4 is 4.90 Å². The number of halogens is 1. The van der Waals surface area contributed by atoms with Crippen LogP contribution in [0, 0.1) is 11.3 Å². The molecule has 0 aliphatic carbocycles. The van der Waals surface area contributed by atoms with Crippen LogP contribution in [-0.2, 0) is 6.54 Å². The van der Waals surface area contributed by atoms with Gasteiger partial charge in [0.1, 0.15) is 0 Å². The summed E-state index contributed by atoms with van der Waals surface area (Å²) >= 11 is 5.74. The Morgan fingerprint density at radius 3 is 2.72 bits per heavy atom. The van der Waals surface area contributed by atoms with E-state index in [1.165, 1.54) is 0 Å². The van der Waals surface area contributed by atoms with Crippen LogP contribution in [0.4, 0.5) is 5.95 Å². The van der Waals surface area contributed by atoms with Crippen molar-refractivity contribution >= 4 is 17.5 Å². The van der Waals surface area contributed by atoms with Crippen LogP contribution in [0.2, 0.25) is 5.02 Å². The van der Waals surface area contributed by atoms with E-state index in [1.54, 1.807) is 18.5 Å². The first-order valence-electron chi connectivity index (χ1n) is 5.37. The van der Waals surface area contributed by atoms with Crippen molar-refractivity contribution in [2.24, 2.45) is 0 Å². The van der Waals surface area contributed by atoms with Crippen molar-refractivity contribution < 1.29 is 0 Å². The SMILES string of the molecule is CN(Cc1cccc(C#N)c1)c1ncc(Cl)cn1. The molecule has 1 aromatic carbocycles. The van der Waals surface area contributed by atoms with E-state index >= 15 is 0 Å². The van der Waals surface area contributed by atoms with Gasteiger partial charge in [-0.2, -0.15) is 5.26 Å². The summed E-state index contributed by atoms with van der Waals surface area (Å²) in [5.41, 5.74) is 1.69. The molecule has 0 radical (unpaired) electrons. The molecule has 4 nitrogen and oxygen atoms in total. The number of rotatable bonds is 3. The molecule has 0 fully saturated rings. The molecule has 0 amide bonds. The average molecular weight is 259 g/mol. The highest BCUT2D eigenvalue weighted by Gasteiger charge is 2.05. The first-order chi connectivity index (χ1) is 8.69. The predicted octanol–water partition coefficient (Wildman–Crippen LogP) is 2.64. The monoisotopic (exact) mass is 258 g/mol. The second-order valence-electron chi connectivity index (χ2n) is 3.87. The van der Waals surface area contributed by atoms with Crippen LogP contribution >= 0.6 is 11.6 Å². The van der Waals surface area contributed by atoms with Gasteiger partial charge in [-0.25, -0.2) is 9.97 Å². The van der Waals surface area contributed by atoms with Crippen LogP contribution in [-0.4, -0.2) is 17.0 Å². The zero-order chi connectivity index (χ0) is 13.0. The number of hydrogen-bond acceptors (Lipinski definition) is 4. The van der Waals surface area contributed by atoms with E-state index in [4.69, 9.17) is 16.9 Å². The summed E-state index contributed by atoms with van der Waals surface area (Å²) < 4.78 is 0. The molecule has 0 aliphatic heterocycles. The van der Waals surface area contributed by atoms with Crippen molar-refractivity contribution in [2.75, 3.05) is 11.9 Å². The Balaban J connectivity index is 2.13. The van der Waals surface area contributed by atoms with Gasteiger partial charge in [-0.1, -0.05) is 23.7 Å². The third-order valence-corrected chi connectivity index (χ3v) is 2.62. The molecule has 90 valence electrons. The quantitative estimate of drug-likeness (QED) is 0.849. The summed E-state index contributed by atoms with van der Waals surface area (Å²) in [4.78, 5) is 10.2. The first kappa shape index (κ1) is 12.3. The van der Waals surface area contributed by atoms with Gasteiger partial charge in [-0.05, 0) is 17.7 Å². The average Bonchev–Trinajstić information content (AvgIpc) is 2.39. The highest BCUT2D eigenvalue weighted by Crippen LogP contribution is 2.13. The maximum atomic E-state index is 8.84. The minimum absolute atomic E-state index is 0.513. The van der Waals surface area contributed by atoms with Crippen LogP contribution in [0.5, 0.6) is 0 Å². The summed E-state index contributed by atoms with van der Waals surface area (Å²) in [7, 11) is 1.89. The fourth-order valence-electron chi connectivity index (χ4n) is 1.59. The Morgan fingerprint density at radius 2 is 2.06 bits per heavy atom. The molecule has 2 aromatic rings. The summed E-state index contributed by atoms with van der Waals surface area (Å²) in [6, 6.07) is 9.59. The van der Waals surface area contributed by atoms with Crippen molar-refractivity contribution in [2.45, 2.75) is 6.54 Å². The summed E-state index contributed by atoms with van der Waals surface area (Å²) in [6.45, 7) is 0.636. The minimum atomic E-state index is 0.513. The fraction of sp³-hybridized carbons (Fsp3) is 0.154. The minimum Gasteiger partial charge on any atom is -0.340 e. The molecule has 0 saturated heterocycles. The zero-order valence-corrected chi connectivity index (χ0v) is 10.6. The largest absolute Gasteiger partial charge is 0.340 e. The normalized spacial score (nSPS) is 9.83. The Labute approximate surface area is 110 Å². The molecule has 0 bridgehead atoms. The van der Waals surface area contributed by atoms with Gasteiger partial charge in [-0.3, -0.25) is 0 Å². The Bertz CT molecular complexity index is 574. The maximum Gasteiger partial charge on any atom is 0.225 e. The third-order valence-electron chi connectivity index (χ3n) is 2.42. The standard InChI is InChI=1S/C13H11ClN4/c1-18(13-16-7-12(14)8-17-13)9-11-4-2-3-10(5-11)6-15/h2-5,7-8H,9H2,1H3. The second kappa shape index (κ2) is 5.48. The van der Waals surface area contributed by atoms with Gasteiger partial charge in [-0.15, -0.1) is 0 Å². The van der Waals surface area contributed by atoms with Crippen molar-refractivity contribution in [1.82, 2.24) is 9.97 Å². The summed E-state index contributed by atoms with van der Waals surface area (Å²) in [5, 5.41) is 9.35. The summed E-state index contributed by atoms with van der Waals surface area (Å²) in [6.07, 6.45) is 3.12. The van der Waals surface area contributed by atoms with E-state index in [0.29, 0.717) is 23.1 Å². The molecule has 2 rings (SSSR count). The van der Waals surface area contributed by atoms with Gasteiger partial charge in [0.15, 0.2) is 0 Å². The smallest absolute Gasteiger partial charge is 0.225 e. The lowest BCUT2D eigenvalue weighted by Gasteiger charge is -2.16. The molecule has 0 atom stereocenters. The van der Waals surface area contributed by atoms with E-state index in [9.17, 15) is 0 Å². The summed E-state index contributed by atoms with van der Waals surface area (Å²) in [5.74, 6) is 0.599. The zero-order valence-electron chi connectivity index (χ0n) is 9.84. The predicted molar refractivity (Wildman–Crippen MR) is 70.3 cm³/mol. The van der Waals surface area contributed by atoms with Gasteiger partial charge in [0.05, 0.1) is 29.0 Å². The van der Waals surface area contributed by atoms with Crippen molar-refractivity contribution in [1.29, 1.82) is 5.26 Å². The number of anilines is 1. The fourth-order valence-corrected chi connectivity index (χ4v) is 1.68. The molecule has 0 aliphatic rings. The lowest BCUT2D eigenvalue weighted by molar-refractivity contribution is 0.866. The Kier molecular flexibility index (Phi) is 3.75. The number of aromatic nitrogens is 2. The van der Waals surface area contributed by atoms with Crippen LogP contribution in [0.3, 0.4) is 0 Å². The topological polar surface area (TPSA) is 52.8 Å². The molecule has 0 saturated carbocycles. The molecular formula is C13H11ClN4. The van der Waals surface area contributed by atoms with E-state index < -0.39 is 0 Å². The molecule has 0 spiro atoms. The molecule has 0 unspecified atom stereocenters. The molecule has 1 aromatic heterocycles. The van der Waals surface area contributed by atoms with Gasteiger partial charge < -0.3 is 4.90 Å². The van der Waals surface area contributed by atoms with Crippen molar-refractivity contribution in [3.63, 3.8) is 0 Å². The maximum absolute atomic E-state index is 8.84. The highest BCUT2D eigenvalue weighted by molar-refractivity contribution is 6.30. The number of hydrogen-bond donors (Lipinski definition) is 0. The third kappa shape index (κ3) is 2.96. The van der Waals surface area contributed by atoms with E-state index in [2.05, 4.69) is 16.0 Å². The molecule has 18 heavy (non-hydrogen) atoms. The Hall–Kier alpha value is -2.12. The molecular weight excluding hydrogens is 248 g/mol. The number of benzene rings is 1. The Morgan fingerprint density at radius 1 is 1.33 bits per heavy atom. The molecule has 5 heteroatoms. The van der Waals surface area contributed by atoms with Crippen molar-refractivity contribution in [3.8, 4) is 6.07 Å².